The van der Waals surface area contributed by atoms with Crippen LogP contribution in [0.4, 0.5) is 0 Å². The number of sulfone groups is 1. The quantitative estimate of drug-likeness (QED) is 0.433. The largest absolute Gasteiger partial charge is 0.507 e. The third-order valence-electron chi connectivity index (χ3n) is 6.12. The number of aliphatic hydroxyl groups excluding tert-OH is 2. The monoisotopic (exact) mass is 542 g/mol. The van der Waals surface area contributed by atoms with Crippen LogP contribution in [0, 0.1) is 11.3 Å². The Hall–Kier alpha value is -3.19. The maximum atomic E-state index is 13.9. The number of phenols is 1. The molecular weight excluding hydrogens is 504 g/mol. The molecule has 206 valence electrons. The molecule has 38 heavy (non-hydrogen) atoms. The standard InChI is InChI=1S/C29H38N2O6S/c1-28(2,3)23-18-21(19-24(26(23)34)29(4,5)6)25(8-7-13-30)38(36,37)22-11-9-20(10-12-22)27(35)31(14-16-32)15-17-33/h8-12,18-19,32-34H,7,14-17H2,1-6H3. The molecule has 0 unspecified atom stereocenters. The molecule has 0 spiro atoms. The Bertz CT molecular complexity index is 1280. The van der Waals surface area contributed by atoms with Crippen molar-refractivity contribution in [3.8, 4) is 11.8 Å². The van der Waals surface area contributed by atoms with Gasteiger partial charge in [-0.15, -0.1) is 0 Å². The normalized spacial score (nSPS) is 12.8. The van der Waals surface area contributed by atoms with E-state index in [1.54, 1.807) is 12.1 Å². The lowest BCUT2D eigenvalue weighted by Gasteiger charge is -2.28. The van der Waals surface area contributed by atoms with E-state index in [0.717, 1.165) is 0 Å². The molecule has 0 aliphatic heterocycles. The Morgan fingerprint density at radius 1 is 0.921 bits per heavy atom. The number of aliphatic hydroxyl groups is 2. The molecule has 0 radical (unpaired) electrons. The molecule has 0 saturated heterocycles. The van der Waals surface area contributed by atoms with E-state index in [2.05, 4.69) is 0 Å². The number of hydrogen-bond donors (Lipinski definition) is 3. The summed E-state index contributed by atoms with van der Waals surface area (Å²) >= 11 is 0. The number of nitriles is 1. The second-order valence-corrected chi connectivity index (χ2v) is 13.0. The highest BCUT2D eigenvalue weighted by Gasteiger charge is 2.30. The molecule has 2 rings (SSSR count). The number of rotatable bonds is 9. The van der Waals surface area contributed by atoms with Crippen molar-refractivity contribution >= 4 is 20.6 Å². The molecule has 0 aliphatic rings. The zero-order valence-electron chi connectivity index (χ0n) is 22.9. The molecule has 0 saturated carbocycles. The van der Waals surface area contributed by atoms with Crippen molar-refractivity contribution in [2.24, 2.45) is 0 Å². The molecule has 0 bridgehead atoms. The number of nitrogens with zero attached hydrogens (tertiary/aromatic N) is 2. The SMILES string of the molecule is CC(C)(C)c1cc(C(=CCC#N)S(=O)(=O)c2ccc(C(=O)N(CCO)CCO)cc2)cc(C(C)(C)C)c1O. The van der Waals surface area contributed by atoms with Gasteiger partial charge in [-0.05, 0) is 52.8 Å². The molecule has 9 heteroatoms. The molecule has 0 aromatic heterocycles. The van der Waals surface area contributed by atoms with Gasteiger partial charge >= 0.3 is 0 Å². The van der Waals surface area contributed by atoms with E-state index in [4.69, 9.17) is 0 Å². The van der Waals surface area contributed by atoms with Gasteiger partial charge in [-0.2, -0.15) is 5.26 Å². The lowest BCUT2D eigenvalue weighted by molar-refractivity contribution is 0.0684. The van der Waals surface area contributed by atoms with Crippen LogP contribution in [0.3, 0.4) is 0 Å². The van der Waals surface area contributed by atoms with Gasteiger partial charge < -0.3 is 20.2 Å². The van der Waals surface area contributed by atoms with Crippen LogP contribution in [0.5, 0.6) is 5.75 Å². The van der Waals surface area contributed by atoms with Crippen molar-refractivity contribution in [1.29, 1.82) is 5.26 Å². The minimum atomic E-state index is -4.12. The number of amides is 1. The van der Waals surface area contributed by atoms with Crippen molar-refractivity contribution in [3.63, 3.8) is 0 Å². The molecule has 0 aliphatic carbocycles. The molecule has 2 aromatic carbocycles. The van der Waals surface area contributed by atoms with Crippen LogP contribution in [-0.2, 0) is 20.7 Å². The summed E-state index contributed by atoms with van der Waals surface area (Å²) < 4.78 is 27.7. The van der Waals surface area contributed by atoms with Crippen molar-refractivity contribution in [2.75, 3.05) is 26.3 Å². The summed E-state index contributed by atoms with van der Waals surface area (Å²) in [5.41, 5.74) is 0.786. The van der Waals surface area contributed by atoms with Crippen LogP contribution in [0.1, 0.15) is 75.0 Å². The van der Waals surface area contributed by atoms with E-state index in [-0.39, 0.29) is 53.8 Å². The van der Waals surface area contributed by atoms with Gasteiger partial charge in [-0.25, -0.2) is 8.42 Å². The highest BCUT2D eigenvalue weighted by atomic mass is 32.2. The van der Waals surface area contributed by atoms with Crippen LogP contribution in [0.25, 0.3) is 4.91 Å². The van der Waals surface area contributed by atoms with Crippen molar-refractivity contribution < 1.29 is 28.5 Å². The third-order valence-corrected chi connectivity index (χ3v) is 7.99. The zero-order chi connectivity index (χ0) is 28.9. The molecular formula is C29H38N2O6S. The van der Waals surface area contributed by atoms with Gasteiger partial charge in [0.25, 0.3) is 5.91 Å². The fourth-order valence-corrected chi connectivity index (χ4v) is 5.56. The second-order valence-electron chi connectivity index (χ2n) is 11.1. The van der Waals surface area contributed by atoms with E-state index in [0.29, 0.717) is 16.7 Å². The van der Waals surface area contributed by atoms with Gasteiger partial charge in [-0.1, -0.05) is 47.6 Å². The highest BCUT2D eigenvalue weighted by molar-refractivity contribution is 8.00. The van der Waals surface area contributed by atoms with Crippen LogP contribution >= 0.6 is 0 Å². The van der Waals surface area contributed by atoms with Gasteiger partial charge in [0.15, 0.2) is 0 Å². The van der Waals surface area contributed by atoms with Gasteiger partial charge in [0.1, 0.15) is 5.75 Å². The number of aromatic hydroxyl groups is 1. The molecule has 0 atom stereocenters. The summed E-state index contributed by atoms with van der Waals surface area (Å²) in [5, 5.41) is 38.7. The molecule has 0 fully saturated rings. The maximum Gasteiger partial charge on any atom is 0.254 e. The topological polar surface area (TPSA) is 139 Å². The van der Waals surface area contributed by atoms with E-state index in [9.17, 15) is 33.8 Å². The Balaban J connectivity index is 2.68. The minimum Gasteiger partial charge on any atom is -0.507 e. The average Bonchev–Trinajstić information content (AvgIpc) is 2.83. The molecule has 3 N–H and O–H groups in total. The number of phenolic OH excluding ortho intramolecular Hbond substituents is 1. The van der Waals surface area contributed by atoms with Crippen LogP contribution in [-0.4, -0.2) is 60.8 Å². The Kier molecular flexibility index (Phi) is 9.89. The summed E-state index contributed by atoms with van der Waals surface area (Å²) in [7, 11) is -4.12. The Labute approximate surface area is 225 Å². The van der Waals surface area contributed by atoms with Gasteiger partial charge in [0.2, 0.25) is 9.84 Å². The summed E-state index contributed by atoms with van der Waals surface area (Å²) in [4.78, 5) is 13.9. The first-order valence-electron chi connectivity index (χ1n) is 12.4. The highest BCUT2D eigenvalue weighted by Crippen LogP contribution is 2.42. The molecule has 2 aromatic rings. The first kappa shape index (κ1) is 31.0. The van der Waals surface area contributed by atoms with E-state index >= 15 is 0 Å². The fraction of sp³-hybridized carbons (Fsp3) is 0.448. The number of carbonyl (C=O) groups excluding carboxylic acids is 1. The Morgan fingerprint density at radius 2 is 1.39 bits per heavy atom. The smallest absolute Gasteiger partial charge is 0.254 e. The second kappa shape index (κ2) is 12.1. The van der Waals surface area contributed by atoms with Crippen molar-refractivity contribution in [3.05, 3.63) is 64.7 Å². The van der Waals surface area contributed by atoms with Crippen LogP contribution in [0.15, 0.2) is 47.4 Å². The lowest BCUT2D eigenvalue weighted by atomic mass is 9.78. The Morgan fingerprint density at radius 3 is 1.79 bits per heavy atom. The third kappa shape index (κ3) is 7.01. The fourth-order valence-electron chi connectivity index (χ4n) is 4.08. The van der Waals surface area contributed by atoms with Gasteiger partial charge in [0.05, 0.1) is 35.5 Å². The summed E-state index contributed by atoms with van der Waals surface area (Å²) in [5.74, 6) is -0.329. The zero-order valence-corrected chi connectivity index (χ0v) is 23.8. The van der Waals surface area contributed by atoms with E-state index in [1.165, 1.54) is 35.2 Å². The van der Waals surface area contributed by atoms with Crippen molar-refractivity contribution in [2.45, 2.75) is 63.7 Å². The number of allylic oxidation sites excluding steroid dienone is 1. The predicted molar refractivity (Wildman–Crippen MR) is 147 cm³/mol. The van der Waals surface area contributed by atoms with Crippen molar-refractivity contribution in [1.82, 2.24) is 4.90 Å². The molecule has 8 nitrogen and oxygen atoms in total. The minimum absolute atomic E-state index is 0.0353. The first-order chi connectivity index (χ1) is 17.6. The van der Waals surface area contributed by atoms with Crippen LogP contribution in [0.2, 0.25) is 0 Å². The molecule has 1 amide bonds. The summed E-state index contributed by atoms with van der Waals surface area (Å²) in [6, 6.07) is 10.7. The summed E-state index contributed by atoms with van der Waals surface area (Å²) in [6.45, 7) is 11.1. The van der Waals surface area contributed by atoms with E-state index in [1.807, 2.05) is 47.6 Å². The summed E-state index contributed by atoms with van der Waals surface area (Å²) in [6.07, 6.45) is 1.23. The number of hydrogen-bond acceptors (Lipinski definition) is 7. The lowest BCUT2D eigenvalue weighted by Crippen LogP contribution is -2.35. The van der Waals surface area contributed by atoms with Gasteiger partial charge in [0, 0.05) is 29.8 Å². The number of benzene rings is 2. The first-order valence-corrected chi connectivity index (χ1v) is 13.9. The molecule has 0 heterocycles. The predicted octanol–water partition coefficient (Wildman–Crippen LogP) is 4.14. The maximum absolute atomic E-state index is 13.9. The average molecular weight is 543 g/mol. The van der Waals surface area contributed by atoms with Crippen LogP contribution < -0.4 is 0 Å². The van der Waals surface area contributed by atoms with Gasteiger partial charge in [-0.3, -0.25) is 4.79 Å². The van der Waals surface area contributed by atoms with E-state index < -0.39 is 26.6 Å². The number of carbonyl (C=O) groups is 1.